The van der Waals surface area contributed by atoms with E-state index >= 15 is 0 Å². The Bertz CT molecular complexity index is 815. The van der Waals surface area contributed by atoms with Gasteiger partial charge in [0.1, 0.15) is 11.3 Å². The van der Waals surface area contributed by atoms with Crippen LogP contribution in [0.1, 0.15) is 36.2 Å². The smallest absolute Gasteiger partial charge is 0.265 e. The molecule has 0 aliphatic heterocycles. The number of anilines is 2. The first-order valence-electron chi connectivity index (χ1n) is 7.88. The first-order chi connectivity index (χ1) is 12.6. The molecular weight excluding hydrogens is 385 g/mol. The topological polar surface area (TPSA) is 87.1 Å². The lowest BCUT2D eigenvalue weighted by molar-refractivity contribution is -0.00177. The largest absolute Gasteiger partial charge is 0.387 e. The van der Waals surface area contributed by atoms with Crippen molar-refractivity contribution >= 4 is 28.9 Å². The summed E-state index contributed by atoms with van der Waals surface area (Å²) < 4.78 is 39.4. The molecule has 2 heterocycles. The second-order valence-electron chi connectivity index (χ2n) is 6.32. The maximum Gasteiger partial charge on any atom is 0.265 e. The van der Waals surface area contributed by atoms with Crippen LogP contribution in [0.25, 0.3) is 0 Å². The van der Waals surface area contributed by atoms with E-state index in [0.717, 1.165) is 6.20 Å². The van der Waals surface area contributed by atoms with Gasteiger partial charge in [-0.25, -0.2) is 18.2 Å². The molecule has 0 aromatic carbocycles. The van der Waals surface area contributed by atoms with E-state index in [1.807, 2.05) is 0 Å². The predicted molar refractivity (Wildman–Crippen MR) is 95.3 cm³/mol. The minimum Gasteiger partial charge on any atom is -0.387 e. The molecule has 27 heavy (non-hydrogen) atoms. The van der Waals surface area contributed by atoms with Gasteiger partial charge in [0.2, 0.25) is 0 Å². The molecule has 1 atom stereocenters. The Labute approximate surface area is 158 Å². The number of aromatic nitrogens is 2. The van der Waals surface area contributed by atoms with Crippen molar-refractivity contribution < 1.29 is 23.1 Å². The predicted octanol–water partition coefficient (Wildman–Crippen LogP) is 3.65. The highest BCUT2D eigenvalue weighted by Gasteiger charge is 2.27. The summed E-state index contributed by atoms with van der Waals surface area (Å²) in [5, 5.41) is 14.8. The Morgan fingerprint density at radius 2 is 1.96 bits per heavy atom. The first-order valence-corrected chi connectivity index (χ1v) is 8.26. The second kappa shape index (κ2) is 8.53. The van der Waals surface area contributed by atoms with Gasteiger partial charge in [0.15, 0.2) is 0 Å². The van der Waals surface area contributed by atoms with Crippen molar-refractivity contribution in [2.45, 2.75) is 32.0 Å². The fourth-order valence-electron chi connectivity index (χ4n) is 2.04. The van der Waals surface area contributed by atoms with Crippen LogP contribution in [-0.4, -0.2) is 39.3 Å². The summed E-state index contributed by atoms with van der Waals surface area (Å²) in [4.78, 5) is 19.9. The molecule has 0 saturated heterocycles. The summed E-state index contributed by atoms with van der Waals surface area (Å²) in [5.74, 6) is -0.674. The van der Waals surface area contributed by atoms with Crippen molar-refractivity contribution in [2.75, 3.05) is 11.9 Å². The fraction of sp³-hybridized carbons (Fsp3) is 0.353. The van der Waals surface area contributed by atoms with Gasteiger partial charge in [0.05, 0.1) is 35.3 Å². The maximum atomic E-state index is 13.8. The van der Waals surface area contributed by atoms with Crippen LogP contribution in [0.4, 0.5) is 24.5 Å². The van der Waals surface area contributed by atoms with E-state index < -0.39 is 30.7 Å². The summed E-state index contributed by atoms with van der Waals surface area (Å²) in [6.45, 7) is 2.14. The van der Waals surface area contributed by atoms with E-state index in [0.29, 0.717) is 0 Å². The van der Waals surface area contributed by atoms with Crippen LogP contribution in [-0.2, 0) is 0 Å². The number of amides is 1. The number of nitrogens with one attached hydrogen (secondary N) is 2. The number of rotatable bonds is 7. The van der Waals surface area contributed by atoms with E-state index in [4.69, 9.17) is 11.6 Å². The summed E-state index contributed by atoms with van der Waals surface area (Å²) >= 11 is 5.85. The molecule has 3 N–H and O–H groups in total. The Kier molecular flexibility index (Phi) is 6.61. The van der Waals surface area contributed by atoms with Crippen molar-refractivity contribution in [3.8, 4) is 0 Å². The molecule has 1 amide bonds. The van der Waals surface area contributed by atoms with Crippen molar-refractivity contribution in [3.05, 3.63) is 47.0 Å². The van der Waals surface area contributed by atoms with Gasteiger partial charge in [0.25, 0.3) is 12.3 Å². The molecule has 10 heteroatoms. The maximum absolute atomic E-state index is 13.8. The number of hydrogen-bond acceptors (Lipinski definition) is 5. The number of alkyl halides is 3. The third-order valence-electron chi connectivity index (χ3n) is 3.61. The highest BCUT2D eigenvalue weighted by Crippen LogP contribution is 2.26. The van der Waals surface area contributed by atoms with E-state index in [-0.39, 0.29) is 27.7 Å². The molecule has 6 nitrogen and oxygen atoms in total. The van der Waals surface area contributed by atoms with Crippen LogP contribution in [0.5, 0.6) is 0 Å². The molecule has 0 aliphatic rings. The number of nitrogens with zero attached hydrogens (tertiary/aromatic N) is 2. The Morgan fingerprint density at radius 3 is 2.59 bits per heavy atom. The summed E-state index contributed by atoms with van der Waals surface area (Å²) in [7, 11) is 0. The molecule has 2 rings (SSSR count). The third kappa shape index (κ3) is 5.80. The molecule has 1 unspecified atom stereocenters. The van der Waals surface area contributed by atoms with Gasteiger partial charge in [-0.1, -0.05) is 11.6 Å². The first kappa shape index (κ1) is 20.9. The second-order valence-corrected chi connectivity index (χ2v) is 6.70. The van der Waals surface area contributed by atoms with Crippen LogP contribution in [0.15, 0.2) is 30.7 Å². The van der Waals surface area contributed by atoms with E-state index in [2.05, 4.69) is 20.6 Å². The van der Waals surface area contributed by atoms with Gasteiger partial charge in [0, 0.05) is 18.0 Å². The third-order valence-corrected chi connectivity index (χ3v) is 3.82. The number of aliphatic hydroxyl groups is 1. The SMILES string of the molecule is CC(C)(O)C(F)CNC(=O)c1cnc(Cl)cc1Nc1cncc(C(F)F)c1. The quantitative estimate of drug-likeness (QED) is 0.615. The Hall–Kier alpha value is -2.39. The molecule has 0 fully saturated rings. The number of halogens is 4. The van der Waals surface area contributed by atoms with Gasteiger partial charge >= 0.3 is 0 Å². The minimum atomic E-state index is -2.70. The normalized spacial score (nSPS) is 12.7. The lowest BCUT2D eigenvalue weighted by Gasteiger charge is -2.22. The molecule has 0 spiro atoms. The summed E-state index contributed by atoms with van der Waals surface area (Å²) in [5.41, 5.74) is -1.50. The molecule has 2 aromatic rings. The number of pyridine rings is 2. The summed E-state index contributed by atoms with van der Waals surface area (Å²) in [6.07, 6.45) is -0.896. The highest BCUT2D eigenvalue weighted by molar-refractivity contribution is 6.29. The van der Waals surface area contributed by atoms with Crippen LogP contribution < -0.4 is 10.6 Å². The van der Waals surface area contributed by atoms with E-state index in [1.54, 1.807) is 0 Å². The van der Waals surface area contributed by atoms with Crippen LogP contribution in [0.3, 0.4) is 0 Å². The monoisotopic (exact) mass is 402 g/mol. The van der Waals surface area contributed by atoms with Crippen molar-refractivity contribution in [1.29, 1.82) is 0 Å². The highest BCUT2D eigenvalue weighted by atomic mass is 35.5. The standard InChI is InChI=1S/C17H18ClF3N4O2/c1-17(2,27)13(19)8-24-16(26)11-7-23-14(18)4-12(11)25-10-3-9(15(20)21)5-22-6-10/h3-7,13,15,27H,8H2,1-2H3,(H,23,25)(H,24,26). The van der Waals surface area contributed by atoms with Crippen molar-refractivity contribution in [1.82, 2.24) is 15.3 Å². The van der Waals surface area contributed by atoms with Crippen LogP contribution >= 0.6 is 11.6 Å². The number of carbonyl (C=O) groups excluding carboxylic acids is 1. The lowest BCUT2D eigenvalue weighted by Crippen LogP contribution is -2.42. The van der Waals surface area contributed by atoms with Crippen LogP contribution in [0, 0.1) is 0 Å². The Balaban J connectivity index is 2.21. The average molecular weight is 403 g/mol. The van der Waals surface area contributed by atoms with Crippen molar-refractivity contribution in [3.63, 3.8) is 0 Å². The van der Waals surface area contributed by atoms with Gasteiger partial charge in [-0.05, 0) is 26.0 Å². The van der Waals surface area contributed by atoms with Gasteiger partial charge in [-0.15, -0.1) is 0 Å². The summed E-state index contributed by atoms with van der Waals surface area (Å²) in [6, 6.07) is 2.51. The molecule has 0 aliphatic carbocycles. The van der Waals surface area contributed by atoms with Gasteiger partial charge < -0.3 is 15.7 Å². The minimum absolute atomic E-state index is 0.0183. The van der Waals surface area contributed by atoms with Gasteiger partial charge in [-0.3, -0.25) is 9.78 Å². The number of hydrogen-bond donors (Lipinski definition) is 3. The fourth-order valence-corrected chi connectivity index (χ4v) is 2.20. The molecule has 0 radical (unpaired) electrons. The molecule has 146 valence electrons. The zero-order valence-electron chi connectivity index (χ0n) is 14.5. The molecule has 0 saturated carbocycles. The van der Waals surface area contributed by atoms with Crippen molar-refractivity contribution in [2.24, 2.45) is 0 Å². The lowest BCUT2D eigenvalue weighted by atomic mass is 10.0. The zero-order valence-corrected chi connectivity index (χ0v) is 15.3. The van der Waals surface area contributed by atoms with E-state index in [9.17, 15) is 23.1 Å². The zero-order chi connectivity index (χ0) is 20.2. The van der Waals surface area contributed by atoms with Gasteiger partial charge in [-0.2, -0.15) is 0 Å². The molecular formula is C17H18ClF3N4O2. The number of carbonyl (C=O) groups is 1. The molecule has 2 aromatic heterocycles. The average Bonchev–Trinajstić information content (AvgIpc) is 2.58. The van der Waals surface area contributed by atoms with E-state index in [1.165, 1.54) is 38.4 Å². The molecule has 0 bridgehead atoms. The van der Waals surface area contributed by atoms with Crippen LogP contribution in [0.2, 0.25) is 5.15 Å². The Morgan fingerprint density at radius 1 is 1.26 bits per heavy atom.